The van der Waals surface area contributed by atoms with E-state index in [0.29, 0.717) is 52.1 Å². The summed E-state index contributed by atoms with van der Waals surface area (Å²) in [4.78, 5) is 58.9. The Kier molecular flexibility index (Phi) is 20.7. The normalized spacial score (nSPS) is 19.4. The number of carboxylic acid groups (broad SMARTS) is 1. The molecule has 19 heteroatoms. The molecule has 13 nitrogen and oxygen atoms in total. The Bertz CT molecular complexity index is 2580. The summed E-state index contributed by atoms with van der Waals surface area (Å²) in [5.74, 6) is -1.34. The summed E-state index contributed by atoms with van der Waals surface area (Å²) in [6.07, 6.45) is 9.46. The summed E-state index contributed by atoms with van der Waals surface area (Å²) in [6.45, 7) is 7.89. The second-order valence-electron chi connectivity index (χ2n) is 21.1. The number of nitrogens with one attached hydrogen (secondary N) is 3. The highest BCUT2D eigenvalue weighted by molar-refractivity contribution is 6.34. The summed E-state index contributed by atoms with van der Waals surface area (Å²) in [5.41, 5.74) is 3.44. The van der Waals surface area contributed by atoms with Crippen LogP contribution in [0.4, 0.5) is 20.2 Å². The first-order chi connectivity index (χ1) is 35.0. The SMILES string of the molecule is CN(C)C(=O)c1ccc(NC2CN(C3CCN(C(=O)C4(c5ccc(F)cc5)CCC4)CC3)C2)cc1Cl.CN(C)C(=O)c1ccc(NC2CN(C3CCNCC3)C2)cc1Cl.Cl.Cl.O=C(O)C1(c2ccc(F)cc2)CCC1. The Morgan fingerprint density at radius 2 is 0.987 bits per heavy atom. The molecular weight excluding hydrogens is 1040 g/mol. The van der Waals surface area contributed by atoms with Gasteiger partial charge in [0.2, 0.25) is 5.91 Å². The molecule has 0 aromatic heterocycles. The zero-order valence-corrected chi connectivity index (χ0v) is 46.4. The molecule has 0 unspecified atom stereocenters. The van der Waals surface area contributed by atoms with Gasteiger partial charge in [-0.3, -0.25) is 29.0 Å². The van der Waals surface area contributed by atoms with Crippen molar-refractivity contribution in [1.29, 1.82) is 0 Å². The zero-order valence-electron chi connectivity index (χ0n) is 43.3. The van der Waals surface area contributed by atoms with Gasteiger partial charge >= 0.3 is 5.97 Å². The number of carbonyl (C=O) groups is 4. The number of nitrogens with zero attached hydrogens (tertiary/aromatic N) is 5. The largest absolute Gasteiger partial charge is 0.481 e. The molecule has 10 rings (SSSR count). The molecule has 408 valence electrons. The van der Waals surface area contributed by atoms with Gasteiger partial charge in [-0.05, 0) is 136 Å². The van der Waals surface area contributed by atoms with E-state index in [2.05, 4.69) is 25.8 Å². The van der Waals surface area contributed by atoms with E-state index in [1.807, 2.05) is 29.2 Å². The average molecular weight is 1120 g/mol. The van der Waals surface area contributed by atoms with E-state index in [-0.39, 0.29) is 54.2 Å². The Hall–Kier alpha value is -4.74. The van der Waals surface area contributed by atoms with Crippen LogP contribution < -0.4 is 16.0 Å². The summed E-state index contributed by atoms with van der Waals surface area (Å²) in [7, 11) is 6.89. The smallest absolute Gasteiger partial charge is 0.314 e. The average Bonchev–Trinajstić information content (AvgIpc) is 3.32. The lowest BCUT2D eigenvalue weighted by molar-refractivity contribution is -0.147. The lowest BCUT2D eigenvalue weighted by Crippen LogP contribution is -2.61. The first-order valence-electron chi connectivity index (χ1n) is 25.8. The van der Waals surface area contributed by atoms with Crippen LogP contribution in [0.2, 0.25) is 10.0 Å². The van der Waals surface area contributed by atoms with Crippen molar-refractivity contribution < 1.29 is 33.1 Å². The number of carboxylic acids is 1. The molecule has 0 spiro atoms. The molecule has 6 fully saturated rings. The number of aliphatic carboxylic acids is 1. The number of amides is 3. The highest BCUT2D eigenvalue weighted by Gasteiger charge is 2.49. The minimum absolute atomic E-state index is 0. The van der Waals surface area contributed by atoms with Crippen LogP contribution in [0.25, 0.3) is 0 Å². The molecule has 4 heterocycles. The van der Waals surface area contributed by atoms with Crippen LogP contribution in [-0.4, -0.2) is 158 Å². The molecule has 4 aromatic carbocycles. The number of benzene rings is 4. The highest BCUT2D eigenvalue weighted by Crippen LogP contribution is 2.46. The van der Waals surface area contributed by atoms with Crippen molar-refractivity contribution in [1.82, 2.24) is 29.8 Å². The van der Waals surface area contributed by atoms with E-state index in [1.165, 1.54) is 46.9 Å². The third kappa shape index (κ3) is 13.7. The number of rotatable bonds is 12. The maximum absolute atomic E-state index is 13.5. The van der Waals surface area contributed by atoms with Crippen molar-refractivity contribution >= 4 is 83.1 Å². The van der Waals surface area contributed by atoms with E-state index in [9.17, 15) is 28.0 Å². The van der Waals surface area contributed by atoms with Crippen LogP contribution >= 0.6 is 48.0 Å². The van der Waals surface area contributed by atoms with Crippen LogP contribution in [0.3, 0.4) is 0 Å². The molecule has 2 aliphatic carbocycles. The fourth-order valence-electron chi connectivity index (χ4n) is 11.1. The molecule has 4 saturated heterocycles. The van der Waals surface area contributed by atoms with Gasteiger partial charge in [0.05, 0.1) is 44.1 Å². The zero-order chi connectivity index (χ0) is 52.0. The summed E-state index contributed by atoms with van der Waals surface area (Å²) in [5, 5.41) is 20.5. The van der Waals surface area contributed by atoms with Gasteiger partial charge in [0.1, 0.15) is 11.6 Å². The van der Waals surface area contributed by atoms with Crippen molar-refractivity contribution in [2.75, 3.05) is 91.2 Å². The molecule has 4 N–H and O–H groups in total. The van der Waals surface area contributed by atoms with Gasteiger partial charge in [0.15, 0.2) is 0 Å². The minimum atomic E-state index is -0.796. The second-order valence-corrected chi connectivity index (χ2v) is 21.9. The highest BCUT2D eigenvalue weighted by atomic mass is 35.5. The van der Waals surface area contributed by atoms with Gasteiger partial charge < -0.3 is 35.8 Å². The number of anilines is 2. The molecule has 3 amide bonds. The topological polar surface area (TPSA) is 141 Å². The van der Waals surface area contributed by atoms with Gasteiger partial charge in [-0.1, -0.05) is 60.3 Å². The minimum Gasteiger partial charge on any atom is -0.481 e. The standard InChI is InChI=1S/C28H34ClFN4O2.C17H25ClN4O.C11H11FO2.2ClH/c1-32(2)26(35)24-9-8-21(16-25(24)29)31-22-17-34(18-22)23-10-14-33(15-11-23)27(36)28(12-3-13-28)19-4-6-20(30)7-5-19;1-21(2)17(23)15-4-3-12(9-16(15)18)20-13-10-22(11-13)14-5-7-19-8-6-14;12-9-4-2-8(3-5-9)11(10(13)14)6-1-7-11;;/h4-9,16,22-23,31H,3,10-15,17-18H2,1-2H3;3-4,9,13-14,19-20H,5-8,10-11H2,1-2H3;2-5H,1,6-7H2,(H,13,14);2*1H. The second kappa shape index (κ2) is 26.1. The Labute approximate surface area is 462 Å². The van der Waals surface area contributed by atoms with E-state index in [1.54, 1.807) is 64.6 Å². The van der Waals surface area contributed by atoms with E-state index in [0.717, 1.165) is 119 Å². The molecular formula is C56H72Cl4F2N8O5. The Morgan fingerprint density at radius 1 is 0.600 bits per heavy atom. The van der Waals surface area contributed by atoms with E-state index >= 15 is 0 Å². The van der Waals surface area contributed by atoms with Gasteiger partial charge in [-0.2, -0.15) is 0 Å². The van der Waals surface area contributed by atoms with Gasteiger partial charge in [-0.15, -0.1) is 24.8 Å². The van der Waals surface area contributed by atoms with Crippen LogP contribution in [0, 0.1) is 11.6 Å². The van der Waals surface area contributed by atoms with Crippen LogP contribution in [0.5, 0.6) is 0 Å². The first-order valence-corrected chi connectivity index (χ1v) is 26.5. The van der Waals surface area contributed by atoms with Crippen LogP contribution in [0.1, 0.15) is 96.1 Å². The third-order valence-corrected chi connectivity index (χ3v) is 16.5. The molecule has 0 atom stereocenters. The van der Waals surface area contributed by atoms with Crippen molar-refractivity contribution in [2.24, 2.45) is 0 Å². The summed E-state index contributed by atoms with van der Waals surface area (Å²) in [6, 6.07) is 25.4. The quantitative estimate of drug-likeness (QED) is 0.109. The maximum atomic E-state index is 13.5. The van der Waals surface area contributed by atoms with Gasteiger partial charge in [0.25, 0.3) is 11.8 Å². The number of halogens is 6. The fraction of sp³-hybridized carbons (Fsp3) is 0.500. The molecule has 2 saturated carbocycles. The van der Waals surface area contributed by atoms with Gasteiger partial charge in [0, 0.05) is 90.9 Å². The van der Waals surface area contributed by atoms with Crippen molar-refractivity contribution in [2.45, 2.75) is 99.2 Å². The third-order valence-electron chi connectivity index (χ3n) is 15.9. The summed E-state index contributed by atoms with van der Waals surface area (Å²) < 4.78 is 26.1. The molecule has 6 aliphatic rings. The van der Waals surface area contributed by atoms with Gasteiger partial charge in [-0.25, -0.2) is 8.78 Å². The lowest BCUT2D eigenvalue weighted by atomic mass is 9.63. The predicted octanol–water partition coefficient (Wildman–Crippen LogP) is 9.46. The van der Waals surface area contributed by atoms with Crippen LogP contribution in [-0.2, 0) is 20.4 Å². The molecule has 75 heavy (non-hydrogen) atoms. The number of hydrogen-bond donors (Lipinski definition) is 4. The first kappa shape index (κ1) is 59.5. The van der Waals surface area contributed by atoms with Crippen molar-refractivity contribution in [3.05, 3.63) is 129 Å². The molecule has 0 bridgehead atoms. The maximum Gasteiger partial charge on any atom is 0.314 e. The molecule has 4 aliphatic heterocycles. The molecule has 0 radical (unpaired) electrons. The Morgan fingerprint density at radius 3 is 1.33 bits per heavy atom. The molecule has 4 aromatic rings. The van der Waals surface area contributed by atoms with Crippen molar-refractivity contribution in [3.63, 3.8) is 0 Å². The number of hydrogen-bond acceptors (Lipinski definition) is 9. The van der Waals surface area contributed by atoms with E-state index < -0.39 is 16.8 Å². The lowest BCUT2D eigenvalue weighted by Gasteiger charge is -2.49. The van der Waals surface area contributed by atoms with Crippen LogP contribution in [0.15, 0.2) is 84.9 Å². The Balaban J connectivity index is 0.000000200. The summed E-state index contributed by atoms with van der Waals surface area (Å²) >= 11 is 12.6. The number of likely N-dealkylation sites (tertiary alicyclic amines) is 3. The number of carbonyl (C=O) groups excluding carboxylic acids is 3. The van der Waals surface area contributed by atoms with Crippen molar-refractivity contribution in [3.8, 4) is 0 Å². The number of piperidine rings is 2. The van der Waals surface area contributed by atoms with E-state index in [4.69, 9.17) is 28.3 Å². The fourth-order valence-corrected chi connectivity index (χ4v) is 11.6. The predicted molar refractivity (Wildman–Crippen MR) is 298 cm³/mol. The monoisotopic (exact) mass is 1110 g/mol.